The number of aliphatic hydroxyl groups is 1. The van der Waals surface area contributed by atoms with Gasteiger partial charge >= 0.3 is 6.18 Å². The van der Waals surface area contributed by atoms with Crippen LogP contribution in [0.15, 0.2) is 6.07 Å². The number of aromatic nitrogens is 2. The number of nitrogens with zero attached hydrogens (tertiary/aromatic N) is 2. The summed E-state index contributed by atoms with van der Waals surface area (Å²) < 4.78 is 43.8. The van der Waals surface area contributed by atoms with E-state index in [-0.39, 0.29) is 31.0 Å². The van der Waals surface area contributed by atoms with Gasteiger partial charge in [0, 0.05) is 25.8 Å². The number of nitrogens with one attached hydrogen (secondary N) is 2. The van der Waals surface area contributed by atoms with Gasteiger partial charge < -0.3 is 20.5 Å². The first-order valence-electron chi connectivity index (χ1n) is 6.65. The molecule has 0 spiro atoms. The van der Waals surface area contributed by atoms with E-state index in [2.05, 4.69) is 20.6 Å². The third-order valence-corrected chi connectivity index (χ3v) is 2.95. The predicted molar refractivity (Wildman–Crippen MR) is 70.1 cm³/mol. The third-order valence-electron chi connectivity index (χ3n) is 2.95. The van der Waals surface area contributed by atoms with Gasteiger partial charge in [0.1, 0.15) is 5.82 Å². The van der Waals surface area contributed by atoms with Crippen LogP contribution in [-0.2, 0) is 10.9 Å². The lowest BCUT2D eigenvalue weighted by Gasteiger charge is -2.14. The minimum absolute atomic E-state index is 0.0110. The molecule has 1 fully saturated rings. The number of halogens is 3. The van der Waals surface area contributed by atoms with E-state index in [1.165, 1.54) is 0 Å². The molecule has 1 atom stereocenters. The van der Waals surface area contributed by atoms with Crippen molar-refractivity contribution < 1.29 is 23.0 Å². The topological polar surface area (TPSA) is 79.3 Å². The van der Waals surface area contributed by atoms with Gasteiger partial charge in [0.05, 0.1) is 12.7 Å². The van der Waals surface area contributed by atoms with Gasteiger partial charge in [0.15, 0.2) is 5.69 Å². The Balaban J connectivity index is 2.09. The van der Waals surface area contributed by atoms with E-state index in [1.54, 1.807) is 0 Å². The van der Waals surface area contributed by atoms with Crippen molar-refractivity contribution in [3.63, 3.8) is 0 Å². The second-order valence-corrected chi connectivity index (χ2v) is 4.63. The summed E-state index contributed by atoms with van der Waals surface area (Å²) in [4.78, 5) is 7.34. The summed E-state index contributed by atoms with van der Waals surface area (Å²) in [5.74, 6) is -0.0954. The third kappa shape index (κ3) is 4.71. The van der Waals surface area contributed by atoms with Gasteiger partial charge in [0.25, 0.3) is 0 Å². The van der Waals surface area contributed by atoms with Crippen LogP contribution in [0.1, 0.15) is 18.5 Å². The van der Waals surface area contributed by atoms with E-state index in [0.717, 1.165) is 18.9 Å². The van der Waals surface area contributed by atoms with Crippen LogP contribution < -0.4 is 10.6 Å². The summed E-state index contributed by atoms with van der Waals surface area (Å²) in [6.45, 7) is 0.922. The zero-order valence-electron chi connectivity index (χ0n) is 11.3. The number of aliphatic hydroxyl groups excluding tert-OH is 1. The predicted octanol–water partition coefficient (Wildman–Crippen LogP) is 1.49. The van der Waals surface area contributed by atoms with Crippen molar-refractivity contribution in [2.75, 3.05) is 36.9 Å². The molecule has 1 aliphatic heterocycles. The molecule has 3 N–H and O–H groups in total. The molecule has 1 aromatic rings. The largest absolute Gasteiger partial charge is 0.433 e. The first kappa shape index (κ1) is 15.8. The maximum absolute atomic E-state index is 12.8. The Hall–Kier alpha value is -1.61. The monoisotopic (exact) mass is 306 g/mol. The minimum atomic E-state index is -4.56. The molecule has 0 radical (unpaired) electrons. The number of hydrogen-bond donors (Lipinski definition) is 3. The Morgan fingerprint density at radius 2 is 2.14 bits per heavy atom. The maximum atomic E-state index is 12.8. The Morgan fingerprint density at radius 3 is 2.76 bits per heavy atom. The molecule has 21 heavy (non-hydrogen) atoms. The van der Waals surface area contributed by atoms with Gasteiger partial charge in [-0.15, -0.1) is 0 Å². The molecule has 6 nitrogen and oxygen atoms in total. The van der Waals surface area contributed by atoms with Gasteiger partial charge in [-0.05, 0) is 12.8 Å². The fourth-order valence-corrected chi connectivity index (χ4v) is 1.95. The van der Waals surface area contributed by atoms with Crippen molar-refractivity contribution in [3.8, 4) is 0 Å². The smallest absolute Gasteiger partial charge is 0.395 e. The number of rotatable bonds is 6. The zero-order chi connectivity index (χ0) is 15.3. The molecule has 0 bridgehead atoms. The molecular weight excluding hydrogens is 289 g/mol. The van der Waals surface area contributed by atoms with Gasteiger partial charge in [-0.3, -0.25) is 0 Å². The number of alkyl halides is 3. The van der Waals surface area contributed by atoms with E-state index in [0.29, 0.717) is 13.2 Å². The first-order valence-corrected chi connectivity index (χ1v) is 6.65. The van der Waals surface area contributed by atoms with Crippen LogP contribution in [0.5, 0.6) is 0 Å². The second kappa shape index (κ2) is 6.90. The highest BCUT2D eigenvalue weighted by Gasteiger charge is 2.33. The van der Waals surface area contributed by atoms with Crippen molar-refractivity contribution in [1.82, 2.24) is 9.97 Å². The molecule has 2 heterocycles. The molecular formula is C12H17F3N4O2. The quantitative estimate of drug-likeness (QED) is 0.739. The second-order valence-electron chi connectivity index (χ2n) is 4.63. The van der Waals surface area contributed by atoms with E-state index in [4.69, 9.17) is 9.84 Å². The summed E-state index contributed by atoms with van der Waals surface area (Å²) in [5, 5.41) is 14.1. The minimum Gasteiger partial charge on any atom is -0.395 e. The molecule has 0 amide bonds. The van der Waals surface area contributed by atoms with Gasteiger partial charge in [-0.25, -0.2) is 4.98 Å². The Morgan fingerprint density at radius 1 is 1.33 bits per heavy atom. The Labute approximate surface area is 119 Å². The lowest BCUT2D eigenvalue weighted by molar-refractivity contribution is -0.141. The lowest BCUT2D eigenvalue weighted by atomic mass is 10.2. The lowest BCUT2D eigenvalue weighted by Crippen LogP contribution is -2.21. The summed E-state index contributed by atoms with van der Waals surface area (Å²) in [6, 6.07) is 0.860. The highest BCUT2D eigenvalue weighted by molar-refractivity contribution is 5.43. The van der Waals surface area contributed by atoms with Crippen LogP contribution >= 0.6 is 0 Å². The van der Waals surface area contributed by atoms with Crippen LogP contribution in [-0.4, -0.2) is 47.5 Å². The number of anilines is 2. The average Bonchev–Trinajstić information content (AvgIpc) is 2.95. The zero-order valence-corrected chi connectivity index (χ0v) is 11.3. The van der Waals surface area contributed by atoms with E-state index >= 15 is 0 Å². The summed E-state index contributed by atoms with van der Waals surface area (Å²) in [6.07, 6.45) is -2.74. The van der Waals surface area contributed by atoms with Crippen molar-refractivity contribution >= 4 is 11.8 Å². The van der Waals surface area contributed by atoms with E-state index in [1.807, 2.05) is 0 Å². The van der Waals surface area contributed by atoms with Crippen molar-refractivity contribution in [2.45, 2.75) is 25.1 Å². The molecule has 0 saturated carbocycles. The SMILES string of the molecule is OCCNc1nc(NC[C@H]2CCCO2)cc(C(F)(F)F)n1. The summed E-state index contributed by atoms with van der Waals surface area (Å²) in [7, 11) is 0. The van der Waals surface area contributed by atoms with Crippen LogP contribution in [0.4, 0.5) is 24.9 Å². The first-order chi connectivity index (χ1) is 9.99. The van der Waals surface area contributed by atoms with Crippen molar-refractivity contribution in [2.24, 2.45) is 0 Å². The van der Waals surface area contributed by atoms with Gasteiger partial charge in [0.2, 0.25) is 5.95 Å². The fraction of sp³-hybridized carbons (Fsp3) is 0.667. The van der Waals surface area contributed by atoms with Crippen LogP contribution in [0.2, 0.25) is 0 Å². The number of hydrogen-bond acceptors (Lipinski definition) is 6. The molecule has 1 aromatic heterocycles. The molecule has 0 aromatic carbocycles. The van der Waals surface area contributed by atoms with E-state index < -0.39 is 11.9 Å². The highest BCUT2D eigenvalue weighted by atomic mass is 19.4. The molecule has 2 rings (SSSR count). The van der Waals surface area contributed by atoms with E-state index in [9.17, 15) is 13.2 Å². The summed E-state index contributed by atoms with van der Waals surface area (Å²) >= 11 is 0. The van der Waals surface area contributed by atoms with Crippen LogP contribution in [0, 0.1) is 0 Å². The molecule has 9 heteroatoms. The fourth-order valence-electron chi connectivity index (χ4n) is 1.95. The molecule has 1 aliphatic rings. The van der Waals surface area contributed by atoms with Gasteiger partial charge in [-0.1, -0.05) is 0 Å². The molecule has 1 saturated heterocycles. The normalized spacial score (nSPS) is 18.8. The molecule has 118 valence electrons. The standard InChI is InChI=1S/C12H17F3N4O2/c13-12(14,15)9-6-10(17-7-8-2-1-5-21-8)19-11(18-9)16-3-4-20/h6,8,20H,1-5,7H2,(H2,16,17,18,19)/t8-/m1/s1. The Kier molecular flexibility index (Phi) is 5.18. The average molecular weight is 306 g/mol. The highest BCUT2D eigenvalue weighted by Crippen LogP contribution is 2.29. The number of ether oxygens (including phenoxy) is 1. The van der Waals surface area contributed by atoms with Crippen LogP contribution in [0.3, 0.4) is 0 Å². The van der Waals surface area contributed by atoms with Crippen molar-refractivity contribution in [1.29, 1.82) is 0 Å². The Bertz CT molecular complexity index is 464. The maximum Gasteiger partial charge on any atom is 0.433 e. The van der Waals surface area contributed by atoms with Gasteiger partial charge in [-0.2, -0.15) is 18.2 Å². The summed E-state index contributed by atoms with van der Waals surface area (Å²) in [5.41, 5.74) is -1.03. The van der Waals surface area contributed by atoms with Crippen molar-refractivity contribution in [3.05, 3.63) is 11.8 Å². The molecule has 0 aliphatic carbocycles. The van der Waals surface area contributed by atoms with Crippen LogP contribution in [0.25, 0.3) is 0 Å². The molecule has 0 unspecified atom stereocenters.